The fourth-order valence-electron chi connectivity index (χ4n) is 2.58. The van der Waals surface area contributed by atoms with E-state index >= 15 is 0 Å². The number of nitrogens with one attached hydrogen (secondary N) is 2. The van der Waals surface area contributed by atoms with Crippen molar-refractivity contribution in [1.82, 2.24) is 15.0 Å². The van der Waals surface area contributed by atoms with Crippen LogP contribution in [0.3, 0.4) is 0 Å². The molecule has 0 spiro atoms. The van der Waals surface area contributed by atoms with E-state index in [9.17, 15) is 4.79 Å². The van der Waals surface area contributed by atoms with Crippen molar-refractivity contribution in [2.45, 2.75) is 26.7 Å². The summed E-state index contributed by atoms with van der Waals surface area (Å²) in [4.78, 5) is 24.8. The molecule has 2 N–H and O–H groups in total. The Bertz CT molecular complexity index is 914. The van der Waals surface area contributed by atoms with E-state index < -0.39 is 6.03 Å². The Morgan fingerprint density at radius 1 is 1.04 bits per heavy atom. The minimum Gasteiger partial charge on any atom is -0.491 e. The number of ether oxygens (including phenoxy) is 1. The smallest absolute Gasteiger partial charge is 0.324 e. The van der Waals surface area contributed by atoms with Gasteiger partial charge in [-0.1, -0.05) is 12.1 Å². The molecular weight excluding hydrogens is 354 g/mol. The van der Waals surface area contributed by atoms with E-state index in [1.807, 2.05) is 50.2 Å². The van der Waals surface area contributed by atoms with E-state index in [4.69, 9.17) is 4.74 Å². The number of nitrogens with zero attached hydrogens (tertiary/aromatic N) is 3. The van der Waals surface area contributed by atoms with E-state index in [1.54, 1.807) is 12.4 Å². The second-order valence-corrected chi connectivity index (χ2v) is 6.39. The van der Waals surface area contributed by atoms with Gasteiger partial charge in [0.2, 0.25) is 0 Å². The van der Waals surface area contributed by atoms with E-state index in [-0.39, 0.29) is 0 Å². The van der Waals surface area contributed by atoms with Gasteiger partial charge >= 0.3 is 6.03 Å². The zero-order valence-electron chi connectivity index (χ0n) is 16.0. The molecule has 2 aromatic heterocycles. The number of anilines is 2. The molecule has 1 aromatic carbocycles. The lowest BCUT2D eigenvalue weighted by atomic mass is 10.2. The molecule has 0 atom stereocenters. The standard InChI is InChI=1S/C21H23N5O2/c1-15-8-9-19(28-11-5-7-17-6-3-4-10-22-17)18(12-15)25-21(27)26-20-14-23-16(2)13-24-20/h3-4,6,8-10,12-14H,5,7,11H2,1-2H3,(H2,24,25,26,27). The molecule has 0 radical (unpaired) electrons. The third-order valence-corrected chi connectivity index (χ3v) is 3.97. The maximum atomic E-state index is 12.3. The van der Waals surface area contributed by atoms with E-state index in [0.717, 1.165) is 29.8 Å². The molecule has 0 saturated heterocycles. The molecule has 144 valence electrons. The molecule has 2 amide bonds. The molecular formula is C21H23N5O2. The highest BCUT2D eigenvalue weighted by molar-refractivity contribution is 6.00. The van der Waals surface area contributed by atoms with Gasteiger partial charge in [-0.15, -0.1) is 0 Å². The number of hydrogen-bond donors (Lipinski definition) is 2. The van der Waals surface area contributed by atoms with Crippen LogP contribution < -0.4 is 15.4 Å². The summed E-state index contributed by atoms with van der Waals surface area (Å²) >= 11 is 0. The molecule has 0 bridgehead atoms. The van der Waals surface area contributed by atoms with Crippen molar-refractivity contribution in [3.8, 4) is 5.75 Å². The first-order valence-corrected chi connectivity index (χ1v) is 9.10. The van der Waals surface area contributed by atoms with Gasteiger partial charge in [0.15, 0.2) is 5.82 Å². The summed E-state index contributed by atoms with van der Waals surface area (Å²) in [6.45, 7) is 4.32. The van der Waals surface area contributed by atoms with Crippen LogP contribution >= 0.6 is 0 Å². The molecule has 3 rings (SSSR count). The van der Waals surface area contributed by atoms with Gasteiger partial charge in [0.1, 0.15) is 5.75 Å². The maximum Gasteiger partial charge on any atom is 0.324 e. The average molecular weight is 377 g/mol. The largest absolute Gasteiger partial charge is 0.491 e. The van der Waals surface area contributed by atoms with Crippen LogP contribution in [0.2, 0.25) is 0 Å². The molecule has 0 saturated carbocycles. The lowest BCUT2D eigenvalue weighted by Gasteiger charge is -2.14. The van der Waals surface area contributed by atoms with Crippen molar-refractivity contribution in [3.63, 3.8) is 0 Å². The van der Waals surface area contributed by atoms with Gasteiger partial charge in [0.05, 0.1) is 30.4 Å². The van der Waals surface area contributed by atoms with Crippen LogP contribution in [0.25, 0.3) is 0 Å². The minimum absolute atomic E-state index is 0.383. The summed E-state index contributed by atoms with van der Waals surface area (Å²) in [7, 11) is 0. The Morgan fingerprint density at radius 3 is 2.68 bits per heavy atom. The van der Waals surface area contributed by atoms with Gasteiger partial charge in [0, 0.05) is 11.9 Å². The lowest BCUT2D eigenvalue weighted by Crippen LogP contribution is -2.21. The molecule has 0 unspecified atom stereocenters. The molecule has 28 heavy (non-hydrogen) atoms. The number of amides is 2. The van der Waals surface area contributed by atoms with Gasteiger partial charge in [-0.3, -0.25) is 15.3 Å². The van der Waals surface area contributed by atoms with Crippen molar-refractivity contribution in [2.24, 2.45) is 0 Å². The number of aryl methyl sites for hydroxylation is 3. The highest BCUT2D eigenvalue weighted by Gasteiger charge is 2.10. The average Bonchev–Trinajstić information content (AvgIpc) is 2.69. The molecule has 0 fully saturated rings. The number of rotatable bonds is 7. The van der Waals surface area contributed by atoms with Crippen molar-refractivity contribution < 1.29 is 9.53 Å². The highest BCUT2D eigenvalue weighted by atomic mass is 16.5. The van der Waals surface area contributed by atoms with Crippen LogP contribution in [0, 0.1) is 13.8 Å². The van der Waals surface area contributed by atoms with Crippen molar-refractivity contribution in [2.75, 3.05) is 17.2 Å². The van der Waals surface area contributed by atoms with Gasteiger partial charge in [0.25, 0.3) is 0 Å². The lowest BCUT2D eigenvalue weighted by molar-refractivity contribution is 0.261. The number of urea groups is 1. The summed E-state index contributed by atoms with van der Waals surface area (Å²) in [5.74, 6) is 1.00. The highest BCUT2D eigenvalue weighted by Crippen LogP contribution is 2.26. The van der Waals surface area contributed by atoms with Crippen LogP contribution in [0.4, 0.5) is 16.3 Å². The first-order valence-electron chi connectivity index (χ1n) is 9.10. The van der Waals surface area contributed by atoms with E-state index in [0.29, 0.717) is 23.9 Å². The predicted molar refractivity (Wildman–Crippen MR) is 109 cm³/mol. The molecule has 0 aliphatic carbocycles. The topological polar surface area (TPSA) is 89.0 Å². The monoisotopic (exact) mass is 377 g/mol. The molecule has 7 heteroatoms. The number of benzene rings is 1. The Labute approximate surface area is 164 Å². The first-order chi connectivity index (χ1) is 13.6. The second-order valence-electron chi connectivity index (χ2n) is 6.39. The maximum absolute atomic E-state index is 12.3. The molecule has 2 heterocycles. The van der Waals surface area contributed by atoms with Gasteiger partial charge < -0.3 is 10.1 Å². The van der Waals surface area contributed by atoms with E-state index in [2.05, 4.69) is 25.6 Å². The summed E-state index contributed by atoms with van der Waals surface area (Å²) in [6, 6.07) is 11.1. The first kappa shape index (κ1) is 19.3. The number of carbonyl (C=O) groups excluding carboxylic acids is 1. The normalized spacial score (nSPS) is 10.4. The van der Waals surface area contributed by atoms with Crippen molar-refractivity contribution in [1.29, 1.82) is 0 Å². The summed E-state index contributed by atoms with van der Waals surface area (Å²) in [5.41, 5.74) is 3.44. The minimum atomic E-state index is -0.401. The molecule has 0 aliphatic heterocycles. The van der Waals surface area contributed by atoms with Crippen LogP contribution in [0.1, 0.15) is 23.4 Å². The predicted octanol–water partition coefficient (Wildman–Crippen LogP) is 4.14. The van der Waals surface area contributed by atoms with Crippen LogP contribution in [0.15, 0.2) is 55.0 Å². The van der Waals surface area contributed by atoms with Crippen LogP contribution in [0.5, 0.6) is 5.75 Å². The van der Waals surface area contributed by atoms with Gasteiger partial charge in [-0.05, 0) is 56.5 Å². The summed E-state index contributed by atoms with van der Waals surface area (Å²) in [6.07, 6.45) is 6.56. The molecule has 7 nitrogen and oxygen atoms in total. The Balaban J connectivity index is 1.57. The van der Waals surface area contributed by atoms with Crippen LogP contribution in [-0.4, -0.2) is 27.6 Å². The number of aromatic nitrogens is 3. The fraction of sp³-hybridized carbons (Fsp3) is 0.238. The van der Waals surface area contributed by atoms with Crippen molar-refractivity contribution in [3.05, 3.63) is 71.9 Å². The van der Waals surface area contributed by atoms with Crippen molar-refractivity contribution >= 4 is 17.5 Å². The molecule has 3 aromatic rings. The van der Waals surface area contributed by atoms with Gasteiger partial charge in [-0.25, -0.2) is 9.78 Å². The zero-order chi connectivity index (χ0) is 19.8. The fourth-order valence-corrected chi connectivity index (χ4v) is 2.58. The zero-order valence-corrected chi connectivity index (χ0v) is 16.0. The number of hydrogen-bond acceptors (Lipinski definition) is 5. The van der Waals surface area contributed by atoms with Gasteiger partial charge in [-0.2, -0.15) is 0 Å². The summed E-state index contributed by atoms with van der Waals surface area (Å²) < 4.78 is 5.88. The Hall–Kier alpha value is -3.48. The third-order valence-electron chi connectivity index (χ3n) is 3.97. The molecule has 0 aliphatic rings. The second kappa shape index (κ2) is 9.45. The Kier molecular flexibility index (Phi) is 6.51. The summed E-state index contributed by atoms with van der Waals surface area (Å²) in [5, 5.41) is 5.48. The van der Waals surface area contributed by atoms with Crippen LogP contribution in [-0.2, 0) is 6.42 Å². The van der Waals surface area contributed by atoms with E-state index in [1.165, 1.54) is 6.20 Å². The third kappa shape index (κ3) is 5.77. The quantitative estimate of drug-likeness (QED) is 0.604. The Morgan fingerprint density at radius 2 is 1.93 bits per heavy atom. The SMILES string of the molecule is Cc1ccc(OCCCc2ccccn2)c(NC(=O)Nc2cnc(C)cn2)c1. The number of pyridine rings is 1. The number of carbonyl (C=O) groups is 1.